The summed E-state index contributed by atoms with van der Waals surface area (Å²) in [5.41, 5.74) is 2.66. The zero-order valence-electron chi connectivity index (χ0n) is 21.4. The Bertz CT molecular complexity index is 1700. The number of aromatic nitrogens is 1. The van der Waals surface area contributed by atoms with E-state index in [1.165, 1.54) is 11.3 Å². The molecule has 0 N–H and O–H groups in total. The molecule has 2 heterocycles. The van der Waals surface area contributed by atoms with E-state index in [2.05, 4.69) is 0 Å². The summed E-state index contributed by atoms with van der Waals surface area (Å²) in [6.45, 7) is 6.89. The minimum absolute atomic E-state index is 0.122. The molecule has 37 heavy (non-hydrogen) atoms. The number of amides is 1. The summed E-state index contributed by atoms with van der Waals surface area (Å²) in [5.74, 6) is 0.504. The highest BCUT2D eigenvalue weighted by Gasteiger charge is 2.36. The highest BCUT2D eigenvalue weighted by atomic mass is 32.1. The lowest BCUT2D eigenvalue weighted by molar-refractivity contribution is -0.127. The highest BCUT2D eigenvalue weighted by molar-refractivity contribution is 7.07. The summed E-state index contributed by atoms with van der Waals surface area (Å²) in [4.78, 5) is 35.1. The van der Waals surface area contributed by atoms with Gasteiger partial charge < -0.3 is 9.64 Å². The molecule has 1 aromatic heterocycles. The molecule has 0 unspecified atom stereocenters. The molecule has 4 aromatic rings. The molecule has 0 radical (unpaired) electrons. The van der Waals surface area contributed by atoms with E-state index in [1.54, 1.807) is 16.6 Å². The van der Waals surface area contributed by atoms with E-state index in [0.717, 1.165) is 21.9 Å². The van der Waals surface area contributed by atoms with Crippen LogP contribution in [0, 0.1) is 0 Å². The maximum atomic E-state index is 14.0. The third-order valence-electron chi connectivity index (χ3n) is 6.82. The lowest BCUT2D eigenvalue weighted by Gasteiger charge is -2.30. The molecule has 1 amide bonds. The Balaban J connectivity index is 1.87. The van der Waals surface area contributed by atoms with Crippen LogP contribution in [-0.4, -0.2) is 35.6 Å². The van der Waals surface area contributed by atoms with Crippen molar-refractivity contribution in [2.45, 2.75) is 26.8 Å². The number of hydrogen-bond acceptors (Lipinski definition) is 5. The van der Waals surface area contributed by atoms with Crippen LogP contribution in [0.1, 0.15) is 37.9 Å². The third kappa shape index (κ3) is 4.29. The Kier molecular flexibility index (Phi) is 6.80. The number of rotatable bonds is 6. The number of carbonyl (C=O) groups is 1. The summed E-state index contributed by atoms with van der Waals surface area (Å²) in [5, 5.41) is 1.94. The van der Waals surface area contributed by atoms with E-state index < -0.39 is 6.04 Å². The second kappa shape index (κ2) is 10.2. The van der Waals surface area contributed by atoms with Crippen molar-refractivity contribution in [1.82, 2.24) is 9.47 Å². The van der Waals surface area contributed by atoms with E-state index in [9.17, 15) is 9.59 Å². The first kappa shape index (κ1) is 24.7. The van der Waals surface area contributed by atoms with Gasteiger partial charge in [-0.3, -0.25) is 14.2 Å². The van der Waals surface area contributed by atoms with Crippen LogP contribution >= 0.6 is 11.3 Å². The van der Waals surface area contributed by atoms with Gasteiger partial charge in [-0.25, -0.2) is 4.99 Å². The van der Waals surface area contributed by atoms with E-state index in [0.29, 0.717) is 39.4 Å². The minimum Gasteiger partial charge on any atom is -0.496 e. The topological polar surface area (TPSA) is 63.9 Å². The Hall–Kier alpha value is -3.97. The van der Waals surface area contributed by atoms with Gasteiger partial charge in [-0.2, -0.15) is 0 Å². The summed E-state index contributed by atoms with van der Waals surface area (Å²) < 4.78 is 8.08. The van der Waals surface area contributed by atoms with Crippen LogP contribution in [0.5, 0.6) is 5.75 Å². The molecule has 5 rings (SSSR count). The quantitative estimate of drug-likeness (QED) is 0.389. The number of ether oxygens (including phenoxy) is 1. The predicted molar refractivity (Wildman–Crippen MR) is 149 cm³/mol. The zero-order chi connectivity index (χ0) is 26.1. The van der Waals surface area contributed by atoms with Crippen molar-refractivity contribution in [1.29, 1.82) is 0 Å². The first-order valence-electron chi connectivity index (χ1n) is 12.4. The zero-order valence-corrected chi connectivity index (χ0v) is 22.2. The van der Waals surface area contributed by atoms with Crippen molar-refractivity contribution < 1.29 is 9.53 Å². The SMILES string of the molecule is CCN(CC)C(=O)C1=C(C)N=c2s/c(=C/c3ccccc3)c(=O)n2[C@@H]1c1c(OC)ccc2ccccc12. The maximum Gasteiger partial charge on any atom is 0.271 e. The largest absolute Gasteiger partial charge is 0.496 e. The van der Waals surface area contributed by atoms with Crippen molar-refractivity contribution in [2.75, 3.05) is 20.2 Å². The number of carbonyl (C=O) groups excluding carboxylic acids is 1. The van der Waals surface area contributed by atoms with Crippen molar-refractivity contribution in [3.63, 3.8) is 0 Å². The summed E-state index contributed by atoms with van der Waals surface area (Å²) in [6.07, 6.45) is 1.88. The monoisotopic (exact) mass is 511 g/mol. The number of thiazole rings is 1. The lowest BCUT2D eigenvalue weighted by Crippen LogP contribution is -2.43. The Morgan fingerprint density at radius 2 is 1.76 bits per heavy atom. The molecular weight excluding hydrogens is 482 g/mol. The fourth-order valence-corrected chi connectivity index (χ4v) is 6.03. The molecule has 1 aliphatic heterocycles. The highest BCUT2D eigenvalue weighted by Crippen LogP contribution is 2.40. The van der Waals surface area contributed by atoms with Gasteiger partial charge in [0.1, 0.15) is 11.8 Å². The summed E-state index contributed by atoms with van der Waals surface area (Å²) in [6, 6.07) is 21.0. The lowest BCUT2D eigenvalue weighted by atomic mass is 9.90. The number of methoxy groups -OCH3 is 1. The van der Waals surface area contributed by atoms with Gasteiger partial charge >= 0.3 is 0 Å². The van der Waals surface area contributed by atoms with Crippen LogP contribution in [0.25, 0.3) is 16.8 Å². The molecule has 0 bridgehead atoms. The first-order valence-corrected chi connectivity index (χ1v) is 13.2. The summed E-state index contributed by atoms with van der Waals surface area (Å²) >= 11 is 1.34. The Morgan fingerprint density at radius 1 is 1.05 bits per heavy atom. The molecule has 7 heteroatoms. The van der Waals surface area contributed by atoms with Crippen LogP contribution in [0.4, 0.5) is 0 Å². The molecule has 3 aromatic carbocycles. The van der Waals surface area contributed by atoms with E-state index in [1.807, 2.05) is 93.6 Å². The van der Waals surface area contributed by atoms with Crippen LogP contribution < -0.4 is 19.6 Å². The van der Waals surface area contributed by atoms with Crippen molar-refractivity contribution in [3.8, 4) is 5.75 Å². The molecule has 0 spiro atoms. The Labute approximate surface area is 219 Å². The molecule has 0 saturated heterocycles. The number of fused-ring (bicyclic) bond motifs is 2. The number of likely N-dealkylation sites (N-methyl/N-ethyl adjacent to an activating group) is 1. The molecule has 0 fully saturated rings. The smallest absolute Gasteiger partial charge is 0.271 e. The normalized spacial score (nSPS) is 15.5. The average Bonchev–Trinajstić information content (AvgIpc) is 3.22. The van der Waals surface area contributed by atoms with E-state index >= 15 is 0 Å². The summed E-state index contributed by atoms with van der Waals surface area (Å²) in [7, 11) is 1.62. The van der Waals surface area contributed by atoms with Gasteiger partial charge in [-0.15, -0.1) is 0 Å². The maximum absolute atomic E-state index is 14.0. The van der Waals surface area contributed by atoms with Crippen LogP contribution in [0.2, 0.25) is 0 Å². The van der Waals surface area contributed by atoms with Gasteiger partial charge in [0, 0.05) is 18.7 Å². The number of benzene rings is 3. The van der Waals surface area contributed by atoms with Gasteiger partial charge in [0.25, 0.3) is 11.5 Å². The van der Waals surface area contributed by atoms with Crippen LogP contribution in [0.3, 0.4) is 0 Å². The molecule has 0 aliphatic carbocycles. The van der Waals surface area contributed by atoms with Crippen LogP contribution in [0.15, 0.2) is 87.8 Å². The Morgan fingerprint density at radius 3 is 2.46 bits per heavy atom. The van der Waals surface area contributed by atoms with E-state index in [4.69, 9.17) is 9.73 Å². The number of nitrogens with zero attached hydrogens (tertiary/aromatic N) is 3. The van der Waals surface area contributed by atoms with Gasteiger partial charge in [0.2, 0.25) is 0 Å². The van der Waals surface area contributed by atoms with E-state index in [-0.39, 0.29) is 11.5 Å². The number of allylic oxidation sites excluding steroid dienone is 1. The fraction of sp³-hybridized carbons (Fsp3) is 0.233. The number of hydrogen-bond donors (Lipinski definition) is 0. The van der Waals surface area contributed by atoms with Crippen molar-refractivity contribution in [3.05, 3.63) is 109 Å². The molecule has 6 nitrogen and oxygen atoms in total. The van der Waals surface area contributed by atoms with Gasteiger partial charge in [-0.1, -0.05) is 72.0 Å². The third-order valence-corrected chi connectivity index (χ3v) is 7.81. The first-order chi connectivity index (χ1) is 18.0. The minimum atomic E-state index is -0.677. The second-order valence-electron chi connectivity index (χ2n) is 8.87. The van der Waals surface area contributed by atoms with Gasteiger partial charge in [-0.05, 0) is 49.2 Å². The van der Waals surface area contributed by atoms with Crippen molar-refractivity contribution in [2.24, 2.45) is 4.99 Å². The van der Waals surface area contributed by atoms with Crippen LogP contribution in [-0.2, 0) is 4.79 Å². The standard InChI is InChI=1S/C30H29N3O3S/c1-5-32(6-2)29(35)25-19(3)31-30-33(28(34)24(37-30)18-20-12-8-7-9-13-20)27(25)26-22-15-11-10-14-21(22)16-17-23(26)36-4/h7-18,27H,5-6H2,1-4H3/b24-18+/t27-/m0/s1. The fourth-order valence-electron chi connectivity index (χ4n) is 4.99. The molecule has 1 aliphatic rings. The molecule has 0 saturated carbocycles. The average molecular weight is 512 g/mol. The second-order valence-corrected chi connectivity index (χ2v) is 9.88. The van der Waals surface area contributed by atoms with Gasteiger partial charge in [0.05, 0.1) is 22.9 Å². The molecule has 188 valence electrons. The predicted octanol–water partition coefficient (Wildman–Crippen LogP) is 4.27. The van der Waals surface area contributed by atoms with Gasteiger partial charge in [0.15, 0.2) is 4.80 Å². The molecular formula is C30H29N3O3S. The van der Waals surface area contributed by atoms with Crippen molar-refractivity contribution >= 4 is 34.1 Å². The molecule has 1 atom stereocenters.